The molecule has 1 heterocycles. The Morgan fingerprint density at radius 1 is 1.44 bits per heavy atom. The molecule has 0 fully saturated rings. The number of hydrogen-bond donors (Lipinski definition) is 1. The van der Waals surface area contributed by atoms with Crippen molar-refractivity contribution in [3.63, 3.8) is 0 Å². The van der Waals surface area contributed by atoms with Crippen molar-refractivity contribution >= 4 is 17.6 Å². The highest BCUT2D eigenvalue weighted by Gasteiger charge is 2.14. The van der Waals surface area contributed by atoms with E-state index >= 15 is 0 Å². The number of aromatic nitrogens is 2. The Kier molecular flexibility index (Phi) is 3.39. The van der Waals surface area contributed by atoms with Crippen molar-refractivity contribution in [1.29, 1.82) is 0 Å². The van der Waals surface area contributed by atoms with Crippen LogP contribution in [-0.2, 0) is 11.2 Å². The molecule has 0 aliphatic rings. The zero-order valence-electron chi connectivity index (χ0n) is 10.1. The SMILES string of the molecule is Cc1ccc(Cl)cc1-n1cnc(C)c1CC(=O)O. The topological polar surface area (TPSA) is 55.1 Å². The first-order chi connectivity index (χ1) is 8.49. The molecule has 1 aromatic carbocycles. The molecular weight excluding hydrogens is 252 g/mol. The summed E-state index contributed by atoms with van der Waals surface area (Å²) in [5, 5.41) is 9.55. The summed E-state index contributed by atoms with van der Waals surface area (Å²) < 4.78 is 1.78. The van der Waals surface area contributed by atoms with E-state index in [2.05, 4.69) is 4.98 Å². The minimum Gasteiger partial charge on any atom is -0.481 e. The third-order valence-corrected chi connectivity index (χ3v) is 3.06. The molecule has 5 heteroatoms. The molecule has 0 bridgehead atoms. The van der Waals surface area contributed by atoms with Crippen molar-refractivity contribution in [2.45, 2.75) is 20.3 Å². The van der Waals surface area contributed by atoms with Gasteiger partial charge < -0.3 is 9.67 Å². The van der Waals surface area contributed by atoms with Crippen molar-refractivity contribution in [2.75, 3.05) is 0 Å². The molecule has 2 aromatic rings. The zero-order valence-corrected chi connectivity index (χ0v) is 10.9. The second kappa shape index (κ2) is 4.82. The first-order valence-corrected chi connectivity index (χ1v) is 5.88. The first kappa shape index (κ1) is 12.6. The molecule has 1 aromatic heterocycles. The maximum Gasteiger partial charge on any atom is 0.309 e. The van der Waals surface area contributed by atoms with E-state index in [0.29, 0.717) is 10.7 Å². The van der Waals surface area contributed by atoms with Gasteiger partial charge in [-0.3, -0.25) is 4.79 Å². The fourth-order valence-corrected chi connectivity index (χ4v) is 2.04. The van der Waals surface area contributed by atoms with Crippen molar-refractivity contribution in [3.05, 3.63) is 46.5 Å². The summed E-state index contributed by atoms with van der Waals surface area (Å²) in [7, 11) is 0. The second-order valence-electron chi connectivity index (χ2n) is 4.15. The van der Waals surface area contributed by atoms with Gasteiger partial charge in [-0.15, -0.1) is 0 Å². The molecule has 0 atom stereocenters. The lowest BCUT2D eigenvalue weighted by Gasteiger charge is -2.11. The Labute approximate surface area is 110 Å². The molecule has 0 aliphatic heterocycles. The quantitative estimate of drug-likeness (QED) is 0.927. The van der Waals surface area contributed by atoms with Gasteiger partial charge in [0.25, 0.3) is 0 Å². The molecule has 2 rings (SSSR count). The fraction of sp³-hybridized carbons (Fsp3) is 0.231. The summed E-state index contributed by atoms with van der Waals surface area (Å²) in [4.78, 5) is 15.1. The van der Waals surface area contributed by atoms with Crippen LogP contribution in [0.4, 0.5) is 0 Å². The highest BCUT2D eigenvalue weighted by atomic mass is 35.5. The molecule has 94 valence electrons. The van der Waals surface area contributed by atoms with Crippen LogP contribution in [0.5, 0.6) is 0 Å². The second-order valence-corrected chi connectivity index (χ2v) is 4.58. The van der Waals surface area contributed by atoms with Gasteiger partial charge in [0.15, 0.2) is 0 Å². The molecule has 4 nitrogen and oxygen atoms in total. The lowest BCUT2D eigenvalue weighted by molar-refractivity contribution is -0.136. The maximum atomic E-state index is 10.9. The molecule has 18 heavy (non-hydrogen) atoms. The van der Waals surface area contributed by atoms with E-state index in [1.165, 1.54) is 0 Å². The van der Waals surface area contributed by atoms with Crippen LogP contribution < -0.4 is 0 Å². The Morgan fingerprint density at radius 3 is 2.83 bits per heavy atom. The van der Waals surface area contributed by atoms with Crippen molar-refractivity contribution in [3.8, 4) is 5.69 Å². The molecule has 0 unspecified atom stereocenters. The normalized spacial score (nSPS) is 10.6. The van der Waals surface area contributed by atoms with Crippen LogP contribution in [0.15, 0.2) is 24.5 Å². The molecule has 0 spiro atoms. The fourth-order valence-electron chi connectivity index (χ4n) is 1.87. The molecular formula is C13H13ClN2O2. The van der Waals surface area contributed by atoms with Crippen molar-refractivity contribution in [1.82, 2.24) is 9.55 Å². The number of imidazole rings is 1. The Morgan fingerprint density at radius 2 is 2.17 bits per heavy atom. The van der Waals surface area contributed by atoms with E-state index in [4.69, 9.17) is 16.7 Å². The average molecular weight is 265 g/mol. The van der Waals surface area contributed by atoms with E-state index in [9.17, 15) is 4.79 Å². The smallest absolute Gasteiger partial charge is 0.309 e. The van der Waals surface area contributed by atoms with Crippen LogP contribution in [0.2, 0.25) is 5.02 Å². The van der Waals surface area contributed by atoms with Gasteiger partial charge >= 0.3 is 5.97 Å². The summed E-state index contributed by atoms with van der Waals surface area (Å²) in [6.07, 6.45) is 1.57. The van der Waals surface area contributed by atoms with Gasteiger partial charge in [0.05, 0.1) is 29.8 Å². The standard InChI is InChI=1S/C13H13ClN2O2/c1-8-3-4-10(14)5-11(8)16-7-15-9(2)12(16)6-13(17)18/h3-5,7H,6H2,1-2H3,(H,17,18). The number of nitrogens with zero attached hydrogens (tertiary/aromatic N) is 2. The van der Waals surface area contributed by atoms with Gasteiger partial charge in [0.2, 0.25) is 0 Å². The molecule has 0 amide bonds. The molecule has 0 radical (unpaired) electrons. The number of benzene rings is 1. The van der Waals surface area contributed by atoms with Crippen molar-refractivity contribution in [2.24, 2.45) is 0 Å². The van der Waals surface area contributed by atoms with Gasteiger partial charge in [0.1, 0.15) is 0 Å². The molecule has 0 saturated carbocycles. The monoisotopic (exact) mass is 264 g/mol. The Bertz CT molecular complexity index is 605. The number of aryl methyl sites for hydroxylation is 2. The number of halogens is 1. The number of carboxylic acid groups (broad SMARTS) is 1. The minimum absolute atomic E-state index is 0.0578. The maximum absolute atomic E-state index is 10.9. The predicted molar refractivity (Wildman–Crippen MR) is 69.4 cm³/mol. The summed E-state index contributed by atoms with van der Waals surface area (Å²) in [5.41, 5.74) is 3.27. The van der Waals surface area contributed by atoms with Gasteiger partial charge in [-0.1, -0.05) is 17.7 Å². The average Bonchev–Trinajstić information content (AvgIpc) is 2.64. The highest BCUT2D eigenvalue weighted by Crippen LogP contribution is 2.22. The van der Waals surface area contributed by atoms with E-state index in [-0.39, 0.29) is 6.42 Å². The third-order valence-electron chi connectivity index (χ3n) is 2.82. The lowest BCUT2D eigenvalue weighted by atomic mass is 10.2. The molecule has 0 aliphatic carbocycles. The number of rotatable bonds is 3. The first-order valence-electron chi connectivity index (χ1n) is 5.50. The number of hydrogen-bond acceptors (Lipinski definition) is 2. The zero-order chi connectivity index (χ0) is 13.3. The number of carboxylic acids is 1. The van der Waals surface area contributed by atoms with Gasteiger partial charge in [-0.05, 0) is 31.5 Å². The largest absolute Gasteiger partial charge is 0.481 e. The van der Waals surface area contributed by atoms with Crippen LogP contribution in [-0.4, -0.2) is 20.6 Å². The third kappa shape index (κ3) is 2.38. The molecule has 0 saturated heterocycles. The van der Waals surface area contributed by atoms with Crippen LogP contribution in [0, 0.1) is 13.8 Å². The Balaban J connectivity index is 2.57. The summed E-state index contributed by atoms with van der Waals surface area (Å²) >= 11 is 5.98. The van der Waals surface area contributed by atoms with Gasteiger partial charge in [0, 0.05) is 5.02 Å². The van der Waals surface area contributed by atoms with Crippen molar-refractivity contribution < 1.29 is 9.90 Å². The lowest BCUT2D eigenvalue weighted by Crippen LogP contribution is -2.08. The number of aliphatic carboxylic acids is 1. The predicted octanol–water partition coefficient (Wildman–Crippen LogP) is 2.77. The number of carbonyl (C=O) groups is 1. The van der Waals surface area contributed by atoms with Crippen LogP contribution in [0.3, 0.4) is 0 Å². The van der Waals surface area contributed by atoms with E-state index < -0.39 is 5.97 Å². The minimum atomic E-state index is -0.875. The molecule has 1 N–H and O–H groups in total. The van der Waals surface area contributed by atoms with Crippen LogP contribution in [0.1, 0.15) is 17.0 Å². The highest BCUT2D eigenvalue weighted by molar-refractivity contribution is 6.30. The van der Waals surface area contributed by atoms with Gasteiger partial charge in [-0.25, -0.2) is 4.98 Å². The van der Waals surface area contributed by atoms with E-state index in [1.54, 1.807) is 23.9 Å². The van der Waals surface area contributed by atoms with E-state index in [0.717, 1.165) is 16.9 Å². The van der Waals surface area contributed by atoms with E-state index in [1.807, 2.05) is 19.1 Å². The van der Waals surface area contributed by atoms with Crippen LogP contribution >= 0.6 is 11.6 Å². The Hall–Kier alpha value is -1.81. The summed E-state index contributed by atoms with van der Waals surface area (Å²) in [6, 6.07) is 5.52. The van der Waals surface area contributed by atoms with Gasteiger partial charge in [-0.2, -0.15) is 0 Å². The summed E-state index contributed by atoms with van der Waals surface area (Å²) in [6.45, 7) is 3.75. The van der Waals surface area contributed by atoms with Crippen LogP contribution in [0.25, 0.3) is 5.69 Å². The summed E-state index contributed by atoms with van der Waals surface area (Å²) in [5.74, 6) is -0.875.